The van der Waals surface area contributed by atoms with E-state index in [9.17, 15) is 0 Å². The topological polar surface area (TPSA) is 18.5 Å². The maximum absolute atomic E-state index is 5.84. The molecule has 0 aromatic heterocycles. The molecule has 0 saturated heterocycles. The van der Waals surface area contributed by atoms with Crippen LogP contribution in [-0.4, -0.2) is 7.11 Å². The Balaban J connectivity index is 2.44. The molecule has 1 aromatic carbocycles. The minimum Gasteiger partial charge on any atom is -0.493 e. The third kappa shape index (κ3) is 3.31. The van der Waals surface area contributed by atoms with Crippen LogP contribution < -0.4 is 9.47 Å². The molecule has 2 rings (SSSR count). The van der Waals surface area contributed by atoms with Crippen molar-refractivity contribution in [3.05, 3.63) is 35.1 Å². The predicted molar refractivity (Wildman–Crippen MR) is 79.0 cm³/mol. The molecule has 2 nitrogen and oxygen atoms in total. The number of hydrogen-bond acceptors (Lipinski definition) is 2. The first-order chi connectivity index (χ1) is 8.95. The van der Waals surface area contributed by atoms with Crippen molar-refractivity contribution in [1.82, 2.24) is 0 Å². The summed E-state index contributed by atoms with van der Waals surface area (Å²) in [5, 5.41) is 0. The zero-order valence-corrected chi connectivity index (χ0v) is 12.7. The van der Waals surface area contributed by atoms with Crippen LogP contribution in [0.5, 0.6) is 11.5 Å². The van der Waals surface area contributed by atoms with Crippen molar-refractivity contribution in [2.45, 2.75) is 52.4 Å². The van der Waals surface area contributed by atoms with Gasteiger partial charge in [0.2, 0.25) is 0 Å². The molecular weight excluding hydrogens is 236 g/mol. The van der Waals surface area contributed by atoms with E-state index in [0.717, 1.165) is 17.9 Å². The summed E-state index contributed by atoms with van der Waals surface area (Å²) in [6.07, 6.45) is 5.16. The molecule has 1 saturated carbocycles. The lowest BCUT2D eigenvalue weighted by Crippen LogP contribution is -2.12. The number of allylic oxidation sites excluding steroid dienone is 1. The molecule has 0 unspecified atom stereocenters. The minimum absolute atomic E-state index is 0.112. The molecule has 0 heterocycles. The summed E-state index contributed by atoms with van der Waals surface area (Å²) in [5.74, 6) is 1.71. The van der Waals surface area contributed by atoms with E-state index in [-0.39, 0.29) is 5.41 Å². The van der Waals surface area contributed by atoms with Crippen molar-refractivity contribution >= 4 is 0 Å². The maximum Gasteiger partial charge on any atom is 0.168 e. The van der Waals surface area contributed by atoms with E-state index in [1.54, 1.807) is 7.11 Å². The molecule has 2 heteroatoms. The van der Waals surface area contributed by atoms with E-state index >= 15 is 0 Å². The van der Waals surface area contributed by atoms with Crippen LogP contribution in [0.3, 0.4) is 0 Å². The standard InChI is InChI=1S/C17H24O2/c1-6-13-9-14(17(2,3)4)10-15(16(13)18-5)19-11-12-7-8-12/h9-11H,6-8H2,1-5H3. The van der Waals surface area contributed by atoms with E-state index in [4.69, 9.17) is 9.47 Å². The van der Waals surface area contributed by atoms with Crippen LogP contribution in [0.4, 0.5) is 0 Å². The molecule has 1 aliphatic rings. The second-order valence-electron chi connectivity index (χ2n) is 6.16. The molecule has 0 radical (unpaired) electrons. The molecule has 1 fully saturated rings. The Hall–Kier alpha value is -1.44. The average molecular weight is 260 g/mol. The van der Waals surface area contributed by atoms with Crippen molar-refractivity contribution < 1.29 is 9.47 Å². The summed E-state index contributed by atoms with van der Waals surface area (Å²) in [6, 6.07) is 4.34. The van der Waals surface area contributed by atoms with Crippen LogP contribution in [0.2, 0.25) is 0 Å². The number of methoxy groups -OCH3 is 1. The fraction of sp³-hybridized carbons (Fsp3) is 0.529. The summed E-state index contributed by atoms with van der Waals surface area (Å²) >= 11 is 0. The monoisotopic (exact) mass is 260 g/mol. The Labute approximate surface area is 116 Å². The van der Waals surface area contributed by atoms with Crippen LogP contribution in [0.15, 0.2) is 24.0 Å². The van der Waals surface area contributed by atoms with Gasteiger partial charge in [-0.15, -0.1) is 0 Å². The molecule has 1 aliphatic carbocycles. The van der Waals surface area contributed by atoms with Crippen LogP contribution in [0.25, 0.3) is 0 Å². The van der Waals surface area contributed by atoms with Gasteiger partial charge in [-0.3, -0.25) is 0 Å². The van der Waals surface area contributed by atoms with E-state index < -0.39 is 0 Å². The number of ether oxygens (including phenoxy) is 2. The summed E-state index contributed by atoms with van der Waals surface area (Å²) in [6.45, 7) is 8.81. The van der Waals surface area contributed by atoms with Crippen molar-refractivity contribution in [2.75, 3.05) is 7.11 Å². The average Bonchev–Trinajstić information content (AvgIpc) is 3.17. The van der Waals surface area contributed by atoms with Gasteiger partial charge in [-0.1, -0.05) is 33.8 Å². The van der Waals surface area contributed by atoms with E-state index in [0.29, 0.717) is 0 Å². The second kappa shape index (κ2) is 5.28. The quantitative estimate of drug-likeness (QED) is 0.736. The zero-order valence-electron chi connectivity index (χ0n) is 12.7. The smallest absolute Gasteiger partial charge is 0.168 e. The van der Waals surface area contributed by atoms with Crippen LogP contribution in [0, 0.1) is 0 Å². The Morgan fingerprint density at radius 1 is 1.21 bits per heavy atom. The largest absolute Gasteiger partial charge is 0.493 e. The van der Waals surface area contributed by atoms with Gasteiger partial charge in [-0.25, -0.2) is 0 Å². The number of hydrogen-bond donors (Lipinski definition) is 0. The van der Waals surface area contributed by atoms with Gasteiger partial charge in [0, 0.05) is 0 Å². The molecule has 19 heavy (non-hydrogen) atoms. The van der Waals surface area contributed by atoms with Crippen molar-refractivity contribution in [3.8, 4) is 11.5 Å². The molecule has 0 bridgehead atoms. The number of aryl methyl sites for hydroxylation is 1. The van der Waals surface area contributed by atoms with Crippen LogP contribution in [0.1, 0.15) is 51.7 Å². The Kier molecular flexibility index (Phi) is 3.88. The summed E-state index contributed by atoms with van der Waals surface area (Å²) < 4.78 is 11.4. The van der Waals surface area contributed by atoms with E-state index in [1.165, 1.54) is 29.5 Å². The Morgan fingerprint density at radius 3 is 2.37 bits per heavy atom. The molecule has 0 amide bonds. The first kappa shape index (κ1) is 14.0. The fourth-order valence-corrected chi connectivity index (χ4v) is 2.01. The molecular formula is C17H24O2. The van der Waals surface area contributed by atoms with E-state index in [1.807, 2.05) is 6.26 Å². The number of rotatable bonds is 4. The third-order valence-corrected chi connectivity index (χ3v) is 3.47. The first-order valence-corrected chi connectivity index (χ1v) is 7.01. The van der Waals surface area contributed by atoms with Crippen LogP contribution in [-0.2, 0) is 11.8 Å². The highest BCUT2D eigenvalue weighted by molar-refractivity contribution is 5.51. The predicted octanol–water partition coefficient (Wildman–Crippen LogP) is 4.61. The first-order valence-electron chi connectivity index (χ1n) is 7.01. The molecule has 0 aliphatic heterocycles. The van der Waals surface area contributed by atoms with E-state index in [2.05, 4.69) is 39.8 Å². The lowest BCUT2D eigenvalue weighted by atomic mass is 9.85. The normalized spacial score (nSPS) is 14.3. The van der Waals surface area contributed by atoms with Gasteiger partial charge in [0.15, 0.2) is 11.5 Å². The lowest BCUT2D eigenvalue weighted by molar-refractivity contribution is 0.372. The van der Waals surface area contributed by atoms with Crippen molar-refractivity contribution in [1.29, 1.82) is 0 Å². The van der Waals surface area contributed by atoms with Gasteiger partial charge in [0.25, 0.3) is 0 Å². The highest BCUT2D eigenvalue weighted by Crippen LogP contribution is 2.38. The van der Waals surface area contributed by atoms with Gasteiger partial charge in [-0.05, 0) is 47.4 Å². The van der Waals surface area contributed by atoms with Gasteiger partial charge in [0.05, 0.1) is 13.4 Å². The summed E-state index contributed by atoms with van der Waals surface area (Å²) in [5.41, 5.74) is 3.98. The van der Waals surface area contributed by atoms with Gasteiger partial charge in [0.1, 0.15) is 0 Å². The molecule has 0 spiro atoms. The molecule has 0 N–H and O–H groups in total. The summed E-state index contributed by atoms with van der Waals surface area (Å²) in [4.78, 5) is 0. The highest BCUT2D eigenvalue weighted by atomic mass is 16.5. The Bertz CT molecular complexity index is 487. The second-order valence-corrected chi connectivity index (χ2v) is 6.16. The van der Waals surface area contributed by atoms with Gasteiger partial charge in [-0.2, -0.15) is 0 Å². The van der Waals surface area contributed by atoms with Crippen molar-refractivity contribution in [3.63, 3.8) is 0 Å². The lowest BCUT2D eigenvalue weighted by Gasteiger charge is -2.22. The summed E-state index contributed by atoms with van der Waals surface area (Å²) in [7, 11) is 1.71. The van der Waals surface area contributed by atoms with Crippen LogP contribution >= 0.6 is 0 Å². The fourth-order valence-electron chi connectivity index (χ4n) is 2.01. The Morgan fingerprint density at radius 2 is 1.89 bits per heavy atom. The minimum atomic E-state index is 0.112. The molecule has 104 valence electrons. The number of benzene rings is 1. The molecule has 0 atom stereocenters. The van der Waals surface area contributed by atoms with Gasteiger partial charge < -0.3 is 9.47 Å². The van der Waals surface area contributed by atoms with Gasteiger partial charge >= 0.3 is 0 Å². The molecule has 1 aromatic rings. The highest BCUT2D eigenvalue weighted by Gasteiger charge is 2.20. The zero-order chi connectivity index (χ0) is 14.0. The maximum atomic E-state index is 5.84. The SMILES string of the molecule is CCc1cc(C(C)(C)C)cc(OC=C2CC2)c1OC. The van der Waals surface area contributed by atoms with Crippen molar-refractivity contribution in [2.24, 2.45) is 0 Å². The third-order valence-electron chi connectivity index (χ3n) is 3.47.